The maximum Gasteiger partial charge on any atom is 0.246 e. The highest BCUT2D eigenvalue weighted by Crippen LogP contribution is 2.21. The van der Waals surface area contributed by atoms with Crippen molar-refractivity contribution in [3.63, 3.8) is 0 Å². The molecule has 0 N–H and O–H groups in total. The van der Waals surface area contributed by atoms with Gasteiger partial charge < -0.3 is 14.2 Å². The molecule has 3 aromatic rings. The Kier molecular flexibility index (Phi) is 7.11. The Bertz CT molecular complexity index is 981. The van der Waals surface area contributed by atoms with Crippen molar-refractivity contribution in [3.05, 3.63) is 64.8 Å². The molecule has 152 valence electrons. The Morgan fingerprint density at radius 2 is 2.03 bits per heavy atom. The van der Waals surface area contributed by atoms with Gasteiger partial charge in [0.2, 0.25) is 17.6 Å². The predicted molar refractivity (Wildman–Crippen MR) is 110 cm³/mol. The Morgan fingerprint density at radius 3 is 2.72 bits per heavy atom. The molecule has 1 amide bonds. The summed E-state index contributed by atoms with van der Waals surface area (Å²) in [6.07, 6.45) is 0. The molecule has 0 aliphatic heterocycles. The van der Waals surface area contributed by atoms with Gasteiger partial charge in [-0.3, -0.25) is 4.79 Å². The van der Waals surface area contributed by atoms with E-state index in [1.54, 1.807) is 26.3 Å². The smallest absolute Gasteiger partial charge is 0.246 e. The molecule has 0 aliphatic carbocycles. The van der Waals surface area contributed by atoms with Gasteiger partial charge in [-0.1, -0.05) is 22.8 Å². The molecule has 0 bridgehead atoms. The second-order valence-corrected chi connectivity index (χ2v) is 7.64. The van der Waals surface area contributed by atoms with Gasteiger partial charge in [-0.05, 0) is 42.0 Å². The summed E-state index contributed by atoms with van der Waals surface area (Å²) in [6.45, 7) is 0.192. The fourth-order valence-corrected chi connectivity index (χ4v) is 3.57. The third-order valence-electron chi connectivity index (χ3n) is 4.11. The van der Waals surface area contributed by atoms with E-state index >= 15 is 0 Å². The zero-order chi connectivity index (χ0) is 20.8. The van der Waals surface area contributed by atoms with E-state index in [1.807, 2.05) is 24.3 Å². The molecule has 29 heavy (non-hydrogen) atoms. The van der Waals surface area contributed by atoms with Crippen LogP contribution in [0.3, 0.4) is 0 Å². The minimum Gasteiger partial charge on any atom is -0.497 e. The van der Waals surface area contributed by atoms with Crippen LogP contribution in [0.1, 0.15) is 11.5 Å². The fourth-order valence-electron chi connectivity index (χ4n) is 2.46. The second-order valence-electron chi connectivity index (χ2n) is 6.22. The summed E-state index contributed by atoms with van der Waals surface area (Å²) in [6, 6.07) is 11.8. The van der Waals surface area contributed by atoms with E-state index in [0.29, 0.717) is 28.1 Å². The molecule has 2 aromatic carbocycles. The molecule has 0 atom stereocenters. The highest BCUT2D eigenvalue weighted by molar-refractivity contribution is 7.99. The first-order valence-corrected chi connectivity index (χ1v) is 10.2. The standard InChI is InChI=1S/C20H19ClFN3O3S/c1-25(19(26)12-29-11-14-3-6-15(21)9-17(14)22)10-18-23-20(24-28-18)13-4-7-16(27-2)8-5-13/h3-9H,10-12H2,1-2H3. The van der Waals surface area contributed by atoms with Crippen LogP contribution in [0.2, 0.25) is 5.02 Å². The van der Waals surface area contributed by atoms with E-state index < -0.39 is 0 Å². The minimum absolute atomic E-state index is 0.117. The molecule has 0 aliphatic rings. The molecule has 0 fully saturated rings. The lowest BCUT2D eigenvalue weighted by Crippen LogP contribution is -2.28. The van der Waals surface area contributed by atoms with Gasteiger partial charge in [0.15, 0.2) is 0 Å². The Balaban J connectivity index is 1.51. The van der Waals surface area contributed by atoms with Gasteiger partial charge in [-0.15, -0.1) is 11.8 Å². The lowest BCUT2D eigenvalue weighted by Gasteiger charge is -2.14. The number of hydrogen-bond donors (Lipinski definition) is 0. The van der Waals surface area contributed by atoms with Crippen LogP contribution in [0.15, 0.2) is 47.0 Å². The van der Waals surface area contributed by atoms with Gasteiger partial charge in [0.1, 0.15) is 11.6 Å². The monoisotopic (exact) mass is 435 g/mol. The summed E-state index contributed by atoms with van der Waals surface area (Å²) in [5.74, 6) is 1.61. The van der Waals surface area contributed by atoms with Crippen molar-refractivity contribution in [1.82, 2.24) is 15.0 Å². The van der Waals surface area contributed by atoms with Crippen molar-refractivity contribution in [3.8, 4) is 17.1 Å². The summed E-state index contributed by atoms with van der Waals surface area (Å²) >= 11 is 7.07. The van der Waals surface area contributed by atoms with Crippen molar-refractivity contribution < 1.29 is 18.4 Å². The maximum absolute atomic E-state index is 13.8. The van der Waals surface area contributed by atoms with Crippen LogP contribution in [0.5, 0.6) is 5.75 Å². The predicted octanol–water partition coefficient (Wildman–Crippen LogP) is 4.43. The van der Waals surface area contributed by atoms with Gasteiger partial charge in [0.05, 0.1) is 19.4 Å². The van der Waals surface area contributed by atoms with Crippen LogP contribution in [-0.2, 0) is 17.1 Å². The largest absolute Gasteiger partial charge is 0.497 e. The average Bonchev–Trinajstić information content (AvgIpc) is 3.18. The molecular weight excluding hydrogens is 417 g/mol. The molecule has 1 heterocycles. The maximum atomic E-state index is 13.8. The van der Waals surface area contributed by atoms with Gasteiger partial charge in [-0.2, -0.15) is 4.98 Å². The van der Waals surface area contributed by atoms with E-state index in [-0.39, 0.29) is 24.0 Å². The Hall–Kier alpha value is -2.58. The number of ether oxygens (including phenoxy) is 1. The molecule has 0 saturated carbocycles. The van der Waals surface area contributed by atoms with Crippen molar-refractivity contribution in [2.24, 2.45) is 0 Å². The van der Waals surface area contributed by atoms with E-state index in [2.05, 4.69) is 10.1 Å². The van der Waals surface area contributed by atoms with Gasteiger partial charge >= 0.3 is 0 Å². The van der Waals surface area contributed by atoms with Crippen LogP contribution in [0.25, 0.3) is 11.4 Å². The van der Waals surface area contributed by atoms with Crippen LogP contribution in [0, 0.1) is 5.82 Å². The normalized spacial score (nSPS) is 10.8. The van der Waals surface area contributed by atoms with Crippen molar-refractivity contribution in [2.75, 3.05) is 19.9 Å². The molecule has 3 rings (SSSR count). The molecule has 0 saturated heterocycles. The highest BCUT2D eigenvalue weighted by Gasteiger charge is 2.15. The van der Waals surface area contributed by atoms with E-state index in [1.165, 1.54) is 22.7 Å². The Morgan fingerprint density at radius 1 is 1.28 bits per heavy atom. The quantitative estimate of drug-likeness (QED) is 0.521. The summed E-state index contributed by atoms with van der Waals surface area (Å²) in [5, 5.41) is 4.30. The number of carbonyl (C=O) groups is 1. The van der Waals surface area contributed by atoms with Crippen LogP contribution < -0.4 is 4.74 Å². The topological polar surface area (TPSA) is 68.5 Å². The fraction of sp³-hybridized carbons (Fsp3) is 0.250. The Labute approximate surface area is 177 Å². The van der Waals surface area contributed by atoms with Crippen LogP contribution in [-0.4, -0.2) is 40.9 Å². The number of nitrogens with zero attached hydrogens (tertiary/aromatic N) is 3. The van der Waals surface area contributed by atoms with Gasteiger partial charge in [0, 0.05) is 23.4 Å². The number of hydrogen-bond acceptors (Lipinski definition) is 6. The summed E-state index contributed by atoms with van der Waals surface area (Å²) in [7, 11) is 3.25. The molecule has 9 heteroatoms. The van der Waals surface area contributed by atoms with E-state index in [0.717, 1.165) is 11.3 Å². The van der Waals surface area contributed by atoms with Gasteiger partial charge in [-0.25, -0.2) is 4.39 Å². The highest BCUT2D eigenvalue weighted by atomic mass is 35.5. The minimum atomic E-state index is -0.372. The van der Waals surface area contributed by atoms with Crippen LogP contribution in [0.4, 0.5) is 4.39 Å². The number of thioether (sulfide) groups is 1. The van der Waals surface area contributed by atoms with Gasteiger partial charge in [0.25, 0.3) is 0 Å². The van der Waals surface area contributed by atoms with E-state index in [9.17, 15) is 9.18 Å². The zero-order valence-electron chi connectivity index (χ0n) is 15.9. The number of methoxy groups -OCH3 is 1. The molecule has 6 nitrogen and oxygen atoms in total. The van der Waals surface area contributed by atoms with Crippen LogP contribution >= 0.6 is 23.4 Å². The first kappa shape index (κ1) is 21.1. The number of rotatable bonds is 8. The third kappa shape index (κ3) is 5.71. The molecule has 0 radical (unpaired) electrons. The average molecular weight is 436 g/mol. The summed E-state index contributed by atoms with van der Waals surface area (Å²) < 4.78 is 24.1. The van der Waals surface area contributed by atoms with Crippen molar-refractivity contribution >= 4 is 29.3 Å². The molecule has 0 spiro atoms. The summed E-state index contributed by atoms with van der Waals surface area (Å²) in [4.78, 5) is 18.1. The zero-order valence-corrected chi connectivity index (χ0v) is 17.5. The lowest BCUT2D eigenvalue weighted by atomic mass is 10.2. The van der Waals surface area contributed by atoms with Crippen molar-refractivity contribution in [1.29, 1.82) is 0 Å². The van der Waals surface area contributed by atoms with E-state index in [4.69, 9.17) is 20.9 Å². The molecular formula is C20H19ClFN3O3S. The number of carbonyl (C=O) groups excluding carboxylic acids is 1. The number of halogens is 2. The first-order valence-electron chi connectivity index (χ1n) is 8.69. The third-order valence-corrected chi connectivity index (χ3v) is 5.31. The first-order chi connectivity index (χ1) is 14.0. The van der Waals surface area contributed by atoms with Crippen molar-refractivity contribution in [2.45, 2.75) is 12.3 Å². The lowest BCUT2D eigenvalue weighted by molar-refractivity contribution is -0.127. The summed E-state index contributed by atoms with van der Waals surface area (Å²) in [5.41, 5.74) is 1.30. The number of benzene rings is 2. The molecule has 1 aromatic heterocycles. The SMILES string of the molecule is COc1ccc(-c2noc(CN(C)C(=O)CSCc3ccc(Cl)cc3F)n2)cc1. The number of aromatic nitrogens is 2. The molecule has 0 unspecified atom stereocenters. The number of amides is 1. The second kappa shape index (κ2) is 9.76.